The SMILES string of the molecule is CCCCOc1ccc(/C=C2/SC(=Nc3ccccc3)N(Cc3ccccc3)C2=O)cc1OC. The van der Waals surface area contributed by atoms with Gasteiger partial charge >= 0.3 is 0 Å². The average molecular weight is 473 g/mol. The number of rotatable bonds is 9. The van der Waals surface area contributed by atoms with E-state index in [0.29, 0.717) is 34.7 Å². The highest BCUT2D eigenvalue weighted by atomic mass is 32.2. The Bertz CT molecular complexity index is 1180. The Balaban J connectivity index is 1.63. The molecule has 0 spiro atoms. The Hall–Kier alpha value is -3.51. The van der Waals surface area contributed by atoms with Crippen molar-refractivity contribution < 1.29 is 14.3 Å². The van der Waals surface area contributed by atoms with E-state index in [4.69, 9.17) is 14.5 Å². The van der Waals surface area contributed by atoms with E-state index >= 15 is 0 Å². The number of carbonyl (C=O) groups is 1. The Morgan fingerprint density at radius 2 is 1.71 bits per heavy atom. The number of para-hydroxylation sites is 1. The highest BCUT2D eigenvalue weighted by Crippen LogP contribution is 2.36. The van der Waals surface area contributed by atoms with Crippen molar-refractivity contribution in [3.05, 3.63) is 94.9 Å². The quantitative estimate of drug-likeness (QED) is 0.258. The fourth-order valence-corrected chi connectivity index (χ4v) is 4.48. The van der Waals surface area contributed by atoms with Crippen LogP contribution in [0.3, 0.4) is 0 Å². The topological polar surface area (TPSA) is 51.1 Å². The van der Waals surface area contributed by atoms with Gasteiger partial charge in [-0.15, -0.1) is 0 Å². The number of methoxy groups -OCH3 is 1. The molecule has 5 nitrogen and oxygen atoms in total. The number of benzene rings is 3. The summed E-state index contributed by atoms with van der Waals surface area (Å²) in [5, 5.41) is 0.665. The van der Waals surface area contributed by atoms with Gasteiger partial charge in [-0.2, -0.15) is 0 Å². The molecule has 4 rings (SSSR count). The van der Waals surface area contributed by atoms with Crippen molar-refractivity contribution in [3.63, 3.8) is 0 Å². The van der Waals surface area contributed by atoms with Crippen LogP contribution in [0.15, 0.2) is 88.8 Å². The summed E-state index contributed by atoms with van der Waals surface area (Å²) in [6, 6.07) is 25.4. The maximum atomic E-state index is 13.4. The first kappa shape index (κ1) is 23.6. The van der Waals surface area contributed by atoms with Crippen LogP contribution in [0.1, 0.15) is 30.9 Å². The number of nitrogens with zero attached hydrogens (tertiary/aromatic N) is 2. The van der Waals surface area contributed by atoms with Crippen LogP contribution in [0.2, 0.25) is 0 Å². The van der Waals surface area contributed by atoms with Crippen LogP contribution in [0.4, 0.5) is 5.69 Å². The molecule has 174 valence electrons. The third-order valence-corrected chi connectivity index (χ3v) is 6.30. The van der Waals surface area contributed by atoms with Crippen LogP contribution in [-0.4, -0.2) is 29.7 Å². The predicted molar refractivity (Wildman–Crippen MR) is 139 cm³/mol. The molecule has 0 unspecified atom stereocenters. The molecule has 0 N–H and O–H groups in total. The zero-order chi connectivity index (χ0) is 23.8. The minimum atomic E-state index is -0.0641. The second kappa shape index (κ2) is 11.6. The van der Waals surface area contributed by atoms with E-state index in [1.165, 1.54) is 11.8 Å². The van der Waals surface area contributed by atoms with Gasteiger partial charge in [0.1, 0.15) is 0 Å². The van der Waals surface area contributed by atoms with E-state index in [0.717, 1.165) is 29.7 Å². The highest BCUT2D eigenvalue weighted by Gasteiger charge is 2.33. The first-order valence-corrected chi connectivity index (χ1v) is 12.2. The van der Waals surface area contributed by atoms with Crippen molar-refractivity contribution in [2.24, 2.45) is 4.99 Å². The maximum absolute atomic E-state index is 13.4. The summed E-state index contributed by atoms with van der Waals surface area (Å²) in [7, 11) is 1.63. The van der Waals surface area contributed by atoms with Gasteiger partial charge in [0.05, 0.1) is 30.9 Å². The Morgan fingerprint density at radius 1 is 0.971 bits per heavy atom. The Kier molecular flexibility index (Phi) is 8.04. The Morgan fingerprint density at radius 3 is 2.41 bits per heavy atom. The van der Waals surface area contributed by atoms with Gasteiger partial charge in [0.15, 0.2) is 16.7 Å². The smallest absolute Gasteiger partial charge is 0.267 e. The minimum absolute atomic E-state index is 0.0641. The number of amides is 1. The molecular weight excluding hydrogens is 444 g/mol. The van der Waals surface area contributed by atoms with Crippen molar-refractivity contribution in [2.45, 2.75) is 26.3 Å². The van der Waals surface area contributed by atoms with Gasteiger partial charge in [0, 0.05) is 0 Å². The lowest BCUT2D eigenvalue weighted by Gasteiger charge is -2.15. The van der Waals surface area contributed by atoms with Gasteiger partial charge in [-0.25, -0.2) is 4.99 Å². The van der Waals surface area contributed by atoms with Gasteiger partial charge in [-0.1, -0.05) is 67.9 Å². The molecule has 1 saturated heterocycles. The Labute approximate surface area is 205 Å². The summed E-state index contributed by atoms with van der Waals surface area (Å²) in [5.74, 6) is 1.30. The zero-order valence-corrected chi connectivity index (χ0v) is 20.3. The summed E-state index contributed by atoms with van der Waals surface area (Å²) < 4.78 is 11.4. The van der Waals surface area contributed by atoms with E-state index in [2.05, 4.69) is 6.92 Å². The molecular formula is C28H28N2O3S. The second-order valence-electron chi connectivity index (χ2n) is 7.83. The maximum Gasteiger partial charge on any atom is 0.267 e. The molecule has 1 fully saturated rings. The molecule has 3 aromatic rings. The van der Waals surface area contributed by atoms with Crippen LogP contribution in [0.5, 0.6) is 11.5 Å². The molecule has 1 amide bonds. The number of hydrogen-bond donors (Lipinski definition) is 0. The standard InChI is InChI=1S/C28H28N2O3S/c1-3-4-17-33-24-16-15-22(18-25(24)32-2)19-26-27(31)30(20-21-11-7-5-8-12-21)28(34-26)29-23-13-9-6-10-14-23/h5-16,18-19H,3-4,17,20H2,1-2H3/b26-19+,29-28?. The van der Waals surface area contributed by atoms with Crippen molar-refractivity contribution >= 4 is 34.6 Å². The molecule has 0 saturated carbocycles. The molecule has 34 heavy (non-hydrogen) atoms. The van der Waals surface area contributed by atoms with Crippen molar-refractivity contribution in [2.75, 3.05) is 13.7 Å². The first-order chi connectivity index (χ1) is 16.7. The van der Waals surface area contributed by atoms with Crippen LogP contribution in [0, 0.1) is 0 Å². The number of carbonyl (C=O) groups excluding carboxylic acids is 1. The molecule has 3 aromatic carbocycles. The zero-order valence-electron chi connectivity index (χ0n) is 19.4. The summed E-state index contributed by atoms with van der Waals surface area (Å²) in [5.41, 5.74) is 2.73. The number of thioether (sulfide) groups is 1. The largest absolute Gasteiger partial charge is 0.493 e. The van der Waals surface area contributed by atoms with Crippen molar-refractivity contribution in [1.29, 1.82) is 0 Å². The summed E-state index contributed by atoms with van der Waals surface area (Å²) in [6.07, 6.45) is 3.94. The normalized spacial score (nSPS) is 15.8. The summed E-state index contributed by atoms with van der Waals surface area (Å²) in [6.45, 7) is 3.24. The van der Waals surface area contributed by atoms with E-state index in [1.54, 1.807) is 12.0 Å². The minimum Gasteiger partial charge on any atom is -0.493 e. The lowest BCUT2D eigenvalue weighted by molar-refractivity contribution is -0.122. The highest BCUT2D eigenvalue weighted by molar-refractivity contribution is 8.18. The molecule has 6 heteroatoms. The molecule has 1 aliphatic rings. The summed E-state index contributed by atoms with van der Waals surface area (Å²) in [4.78, 5) is 20.5. The fourth-order valence-electron chi connectivity index (χ4n) is 3.48. The fraction of sp³-hybridized carbons (Fsp3) is 0.214. The lowest BCUT2D eigenvalue weighted by atomic mass is 10.1. The monoisotopic (exact) mass is 472 g/mol. The first-order valence-electron chi connectivity index (χ1n) is 11.4. The number of unbranched alkanes of at least 4 members (excludes halogenated alkanes) is 1. The number of ether oxygens (including phenoxy) is 2. The molecule has 0 aromatic heterocycles. The van der Waals surface area contributed by atoms with Crippen molar-refractivity contribution in [1.82, 2.24) is 4.90 Å². The number of aliphatic imine (C=N–C) groups is 1. The average Bonchev–Trinajstić information content (AvgIpc) is 3.15. The third kappa shape index (κ3) is 5.88. The van der Waals surface area contributed by atoms with E-state index in [-0.39, 0.29) is 5.91 Å². The molecule has 0 aliphatic carbocycles. The van der Waals surface area contributed by atoms with Gasteiger partial charge in [0.25, 0.3) is 5.91 Å². The van der Waals surface area contributed by atoms with Crippen LogP contribution < -0.4 is 9.47 Å². The van der Waals surface area contributed by atoms with Gasteiger partial charge < -0.3 is 9.47 Å². The molecule has 1 heterocycles. The third-order valence-electron chi connectivity index (χ3n) is 5.29. The van der Waals surface area contributed by atoms with Crippen LogP contribution in [0.25, 0.3) is 6.08 Å². The van der Waals surface area contributed by atoms with E-state index in [9.17, 15) is 4.79 Å². The number of hydrogen-bond acceptors (Lipinski definition) is 5. The molecule has 0 bridgehead atoms. The molecule has 0 atom stereocenters. The van der Waals surface area contributed by atoms with Gasteiger partial charge in [0.2, 0.25) is 0 Å². The van der Waals surface area contributed by atoms with Crippen molar-refractivity contribution in [3.8, 4) is 11.5 Å². The second-order valence-corrected chi connectivity index (χ2v) is 8.84. The lowest BCUT2D eigenvalue weighted by Crippen LogP contribution is -2.28. The van der Waals surface area contributed by atoms with E-state index < -0.39 is 0 Å². The molecule has 0 radical (unpaired) electrons. The predicted octanol–water partition coefficient (Wildman–Crippen LogP) is 6.68. The number of amidine groups is 1. The van der Waals surface area contributed by atoms with Gasteiger partial charge in [-0.3, -0.25) is 9.69 Å². The van der Waals surface area contributed by atoms with Crippen LogP contribution in [-0.2, 0) is 11.3 Å². The molecule has 1 aliphatic heterocycles. The van der Waals surface area contributed by atoms with E-state index in [1.807, 2.05) is 84.9 Å². The summed E-state index contributed by atoms with van der Waals surface area (Å²) >= 11 is 1.39. The van der Waals surface area contributed by atoms with Gasteiger partial charge in [-0.05, 0) is 59.7 Å². The van der Waals surface area contributed by atoms with Crippen LogP contribution >= 0.6 is 11.8 Å².